The van der Waals surface area contributed by atoms with Gasteiger partial charge in [-0.1, -0.05) is 41.6 Å². The van der Waals surface area contributed by atoms with Crippen LogP contribution in [0.4, 0.5) is 0 Å². The van der Waals surface area contributed by atoms with E-state index in [4.69, 9.17) is 16.0 Å². The Hall–Kier alpha value is -3.29. The number of aryl methyl sites for hydroxylation is 1. The molecule has 0 unspecified atom stereocenters. The summed E-state index contributed by atoms with van der Waals surface area (Å²) < 4.78 is 9.41. The van der Waals surface area contributed by atoms with Crippen LogP contribution in [0.1, 0.15) is 28.9 Å². The molecular weight excluding hydrogens is 468 g/mol. The number of para-hydroxylation sites is 1. The van der Waals surface area contributed by atoms with Gasteiger partial charge in [0, 0.05) is 21.8 Å². The van der Waals surface area contributed by atoms with Gasteiger partial charge in [-0.15, -0.1) is 10.2 Å². The molecule has 0 saturated carbocycles. The second kappa shape index (κ2) is 8.81. The van der Waals surface area contributed by atoms with E-state index in [1.807, 2.05) is 63.7 Å². The monoisotopic (exact) mass is 488 g/mol. The van der Waals surface area contributed by atoms with Gasteiger partial charge in [-0.25, -0.2) is 0 Å². The van der Waals surface area contributed by atoms with Gasteiger partial charge in [0.25, 0.3) is 0 Å². The smallest absolute Gasteiger partial charge is 0.241 e. The molecule has 0 radical (unpaired) electrons. The summed E-state index contributed by atoms with van der Waals surface area (Å²) in [5, 5.41) is 11.2. The maximum absolute atomic E-state index is 13.5. The number of benzene rings is 2. The van der Waals surface area contributed by atoms with Gasteiger partial charge in [0.15, 0.2) is 10.9 Å². The van der Waals surface area contributed by atoms with Crippen molar-refractivity contribution in [2.75, 3.05) is 5.75 Å². The Balaban J connectivity index is 1.36. The predicted octanol–water partition coefficient (Wildman–Crippen LogP) is 6.45. The third kappa shape index (κ3) is 3.65. The van der Waals surface area contributed by atoms with Gasteiger partial charge >= 0.3 is 0 Å². The maximum atomic E-state index is 13.5. The first-order valence-corrected chi connectivity index (χ1v) is 12.6. The maximum Gasteiger partial charge on any atom is 0.241 e. The van der Waals surface area contributed by atoms with Crippen molar-refractivity contribution in [2.24, 2.45) is 0 Å². The molecule has 1 aliphatic rings. The van der Waals surface area contributed by atoms with E-state index < -0.39 is 0 Å². The predicted molar refractivity (Wildman–Crippen MR) is 134 cm³/mol. The van der Waals surface area contributed by atoms with Gasteiger partial charge in [0.1, 0.15) is 0 Å². The van der Waals surface area contributed by atoms with Crippen molar-refractivity contribution in [2.45, 2.75) is 30.8 Å². The fourth-order valence-corrected chi connectivity index (χ4v) is 5.65. The molecule has 1 aliphatic carbocycles. The largest absolute Gasteiger partial charge is 0.461 e. The number of carbonyl (C=O) groups is 1. The van der Waals surface area contributed by atoms with E-state index >= 15 is 0 Å². The first-order valence-electron chi connectivity index (χ1n) is 11.2. The van der Waals surface area contributed by atoms with Gasteiger partial charge in [0.05, 0.1) is 17.5 Å². The third-order valence-corrected chi connectivity index (χ3v) is 7.38. The van der Waals surface area contributed by atoms with E-state index in [9.17, 15) is 4.79 Å². The zero-order chi connectivity index (χ0) is 23.1. The SMILES string of the molecule is O=C(CSc1nnc(-c2ccco2)n1-c1ccc(Cl)cc1)n1c2c(c3ccccc31)CCCC2. The van der Waals surface area contributed by atoms with E-state index in [0.29, 0.717) is 21.8 Å². The highest BCUT2D eigenvalue weighted by molar-refractivity contribution is 7.99. The lowest BCUT2D eigenvalue weighted by atomic mass is 9.96. The minimum atomic E-state index is 0.0505. The van der Waals surface area contributed by atoms with E-state index in [1.54, 1.807) is 6.26 Å². The number of hydrogen-bond acceptors (Lipinski definition) is 5. The Kier molecular flexibility index (Phi) is 5.51. The molecule has 0 atom stereocenters. The van der Waals surface area contributed by atoms with Crippen LogP contribution in [0.5, 0.6) is 0 Å². The van der Waals surface area contributed by atoms with E-state index in [0.717, 1.165) is 36.2 Å². The second-order valence-electron chi connectivity index (χ2n) is 8.26. The molecule has 5 aromatic rings. The number of rotatable bonds is 5. The number of halogens is 1. The summed E-state index contributed by atoms with van der Waals surface area (Å²) in [7, 11) is 0. The summed E-state index contributed by atoms with van der Waals surface area (Å²) in [5.74, 6) is 1.47. The first kappa shape index (κ1) is 21.3. The van der Waals surface area contributed by atoms with Crippen molar-refractivity contribution in [3.63, 3.8) is 0 Å². The molecule has 2 aromatic carbocycles. The normalized spacial score (nSPS) is 13.3. The van der Waals surface area contributed by atoms with Crippen molar-refractivity contribution >= 4 is 40.2 Å². The number of thioether (sulfide) groups is 1. The molecule has 3 aromatic heterocycles. The molecule has 0 aliphatic heterocycles. The molecule has 34 heavy (non-hydrogen) atoms. The van der Waals surface area contributed by atoms with Crippen LogP contribution in [0.25, 0.3) is 28.2 Å². The zero-order valence-electron chi connectivity index (χ0n) is 18.3. The van der Waals surface area contributed by atoms with Gasteiger partial charge in [-0.3, -0.25) is 13.9 Å². The Morgan fingerprint density at radius 2 is 1.82 bits per heavy atom. The fourth-order valence-electron chi connectivity index (χ4n) is 4.72. The average Bonchev–Trinajstić information content (AvgIpc) is 3.60. The number of furan rings is 1. The number of hydrogen-bond donors (Lipinski definition) is 0. The lowest BCUT2D eigenvalue weighted by Crippen LogP contribution is -2.18. The molecule has 6 rings (SSSR count). The van der Waals surface area contributed by atoms with Crippen LogP contribution < -0.4 is 0 Å². The number of nitrogens with zero attached hydrogens (tertiary/aromatic N) is 4. The number of carbonyl (C=O) groups excluding carboxylic acids is 1. The highest BCUT2D eigenvalue weighted by Crippen LogP contribution is 2.33. The molecule has 0 fully saturated rings. The average molecular weight is 489 g/mol. The molecule has 6 nitrogen and oxygen atoms in total. The van der Waals surface area contributed by atoms with Gasteiger partial charge in [0.2, 0.25) is 11.7 Å². The van der Waals surface area contributed by atoms with Crippen LogP contribution in [0.15, 0.2) is 76.5 Å². The van der Waals surface area contributed by atoms with Crippen LogP contribution in [-0.4, -0.2) is 31.0 Å². The molecule has 0 spiro atoms. The molecule has 8 heteroatoms. The molecule has 0 bridgehead atoms. The topological polar surface area (TPSA) is 65.8 Å². The zero-order valence-corrected chi connectivity index (χ0v) is 19.9. The van der Waals surface area contributed by atoms with Crippen molar-refractivity contribution in [1.82, 2.24) is 19.3 Å². The number of fused-ring (bicyclic) bond motifs is 3. The van der Waals surface area contributed by atoms with Crippen LogP contribution in [0.3, 0.4) is 0 Å². The van der Waals surface area contributed by atoms with Gasteiger partial charge in [-0.2, -0.15) is 0 Å². The summed E-state index contributed by atoms with van der Waals surface area (Å²) in [6, 6.07) is 19.3. The van der Waals surface area contributed by atoms with Crippen LogP contribution >= 0.6 is 23.4 Å². The fraction of sp³-hybridized carbons (Fsp3) is 0.192. The molecule has 0 N–H and O–H groups in total. The summed E-state index contributed by atoms with van der Waals surface area (Å²) in [5.41, 5.74) is 4.33. The standard InChI is InChI=1S/C26H21ClN4O2S/c27-17-11-13-18(14-12-17)30-25(23-10-5-15-33-23)28-29-26(30)34-16-24(32)31-21-8-3-1-6-19(21)20-7-2-4-9-22(20)31/h1,3,5-6,8,10-15H,2,4,7,9,16H2. The van der Waals surface area contributed by atoms with E-state index in [1.165, 1.54) is 29.1 Å². The highest BCUT2D eigenvalue weighted by atomic mass is 35.5. The van der Waals surface area contributed by atoms with Crippen molar-refractivity contribution < 1.29 is 9.21 Å². The Morgan fingerprint density at radius 1 is 1.00 bits per heavy atom. The minimum absolute atomic E-state index is 0.0505. The first-order chi connectivity index (χ1) is 16.7. The highest BCUT2D eigenvalue weighted by Gasteiger charge is 2.24. The minimum Gasteiger partial charge on any atom is -0.461 e. The molecule has 0 amide bonds. The summed E-state index contributed by atoms with van der Waals surface area (Å²) >= 11 is 7.48. The molecule has 3 heterocycles. The van der Waals surface area contributed by atoms with Crippen molar-refractivity contribution in [3.8, 4) is 17.3 Å². The van der Waals surface area contributed by atoms with Gasteiger partial charge < -0.3 is 4.42 Å². The Bertz CT molecular complexity index is 1490. The Labute approximate surface area is 205 Å². The lowest BCUT2D eigenvalue weighted by molar-refractivity contribution is 0.0943. The molecule has 170 valence electrons. The molecule has 0 saturated heterocycles. The van der Waals surface area contributed by atoms with Crippen LogP contribution in [0.2, 0.25) is 5.02 Å². The quantitative estimate of drug-likeness (QED) is 0.266. The summed E-state index contributed by atoms with van der Waals surface area (Å²) in [6.07, 6.45) is 5.85. The lowest BCUT2D eigenvalue weighted by Gasteiger charge is -2.15. The van der Waals surface area contributed by atoms with Crippen molar-refractivity contribution in [3.05, 3.63) is 83.2 Å². The summed E-state index contributed by atoms with van der Waals surface area (Å²) in [4.78, 5) is 13.5. The van der Waals surface area contributed by atoms with Crippen LogP contribution in [0, 0.1) is 0 Å². The molecular formula is C26H21ClN4O2S. The second-order valence-corrected chi connectivity index (χ2v) is 9.64. The van der Waals surface area contributed by atoms with Crippen molar-refractivity contribution in [1.29, 1.82) is 0 Å². The summed E-state index contributed by atoms with van der Waals surface area (Å²) in [6.45, 7) is 0. The van der Waals surface area contributed by atoms with E-state index in [-0.39, 0.29) is 11.7 Å². The third-order valence-electron chi connectivity index (χ3n) is 6.21. The number of aromatic nitrogens is 4. The van der Waals surface area contributed by atoms with Crippen LogP contribution in [-0.2, 0) is 12.8 Å². The van der Waals surface area contributed by atoms with E-state index in [2.05, 4.69) is 16.3 Å². The van der Waals surface area contributed by atoms with Gasteiger partial charge in [-0.05, 0) is 73.7 Å². The Morgan fingerprint density at radius 3 is 2.65 bits per heavy atom.